The highest BCUT2D eigenvalue weighted by molar-refractivity contribution is 7.10. The number of hydrogen-bond donors (Lipinski definition) is 1. The van der Waals surface area contributed by atoms with E-state index in [9.17, 15) is 9.90 Å². The highest BCUT2D eigenvalue weighted by Crippen LogP contribution is 2.66. The summed E-state index contributed by atoms with van der Waals surface area (Å²) in [7, 11) is 0. The lowest BCUT2D eigenvalue weighted by Crippen LogP contribution is -2.50. The van der Waals surface area contributed by atoms with Crippen molar-refractivity contribution in [2.75, 3.05) is 0 Å². The lowest BCUT2D eigenvalue weighted by Gasteiger charge is -2.53. The third kappa shape index (κ3) is 2.47. The fourth-order valence-electron chi connectivity index (χ4n) is 6.82. The van der Waals surface area contributed by atoms with Crippen LogP contribution in [0.1, 0.15) is 69.6 Å². The van der Waals surface area contributed by atoms with Crippen LogP contribution in [0.5, 0.6) is 0 Å². The summed E-state index contributed by atoms with van der Waals surface area (Å²) in [6.45, 7) is 4.14. The van der Waals surface area contributed by atoms with Gasteiger partial charge in [-0.25, -0.2) is 0 Å². The molecule has 4 aliphatic carbocycles. The first-order valence-electron chi connectivity index (χ1n) is 10.6. The Morgan fingerprint density at radius 1 is 1.25 bits per heavy atom. The summed E-state index contributed by atoms with van der Waals surface area (Å²) in [6.07, 6.45) is 8.40. The molecule has 2 nitrogen and oxygen atoms in total. The van der Waals surface area contributed by atoms with Gasteiger partial charge in [0.1, 0.15) is 5.60 Å². The Bertz CT molecular complexity index is 941. The summed E-state index contributed by atoms with van der Waals surface area (Å²) < 4.78 is 0. The predicted octanol–water partition coefficient (Wildman–Crippen LogP) is 5.40. The molecular weight excluding hydrogens is 364 g/mol. The largest absolute Gasteiger partial charge is 0.377 e. The van der Waals surface area contributed by atoms with Gasteiger partial charge in [0.15, 0.2) is 5.78 Å². The third-order valence-corrected chi connectivity index (χ3v) is 9.09. The van der Waals surface area contributed by atoms with Gasteiger partial charge in [0.25, 0.3) is 0 Å². The zero-order valence-electron chi connectivity index (χ0n) is 16.8. The maximum absolute atomic E-state index is 12.0. The molecule has 0 aromatic carbocycles. The van der Waals surface area contributed by atoms with E-state index < -0.39 is 5.60 Å². The van der Waals surface area contributed by atoms with Crippen LogP contribution >= 0.6 is 11.3 Å². The second kappa shape index (κ2) is 6.44. The van der Waals surface area contributed by atoms with Crippen molar-refractivity contribution < 1.29 is 9.90 Å². The molecule has 2 saturated carbocycles. The molecule has 0 amide bonds. The van der Waals surface area contributed by atoms with Crippen molar-refractivity contribution in [3.63, 3.8) is 0 Å². The lowest BCUT2D eigenvalue weighted by molar-refractivity contribution is -0.114. The molecule has 1 heterocycles. The minimum atomic E-state index is -0.878. The van der Waals surface area contributed by atoms with Crippen molar-refractivity contribution in [1.82, 2.24) is 0 Å². The van der Waals surface area contributed by atoms with Crippen LogP contribution in [0.3, 0.4) is 0 Å². The van der Waals surface area contributed by atoms with Crippen molar-refractivity contribution in [1.29, 1.82) is 0 Å². The van der Waals surface area contributed by atoms with Gasteiger partial charge in [0.05, 0.1) is 0 Å². The first-order valence-corrected chi connectivity index (χ1v) is 11.5. The molecule has 0 aliphatic heterocycles. The first kappa shape index (κ1) is 18.4. The maximum Gasteiger partial charge on any atom is 0.156 e. The van der Waals surface area contributed by atoms with Crippen LogP contribution in [0.2, 0.25) is 0 Å². The molecular formula is C25H28O2S. The smallest absolute Gasteiger partial charge is 0.156 e. The Morgan fingerprint density at radius 2 is 2.11 bits per heavy atom. The molecule has 0 bridgehead atoms. The van der Waals surface area contributed by atoms with Gasteiger partial charge in [0, 0.05) is 22.6 Å². The summed E-state index contributed by atoms with van der Waals surface area (Å²) in [5, 5.41) is 13.7. The van der Waals surface area contributed by atoms with Crippen LogP contribution < -0.4 is 0 Å². The molecule has 4 aliphatic rings. The number of carbonyl (C=O) groups is 1. The Balaban J connectivity index is 1.69. The maximum atomic E-state index is 12.0. The zero-order chi connectivity index (χ0) is 19.5. The minimum Gasteiger partial charge on any atom is -0.377 e. The monoisotopic (exact) mass is 392 g/mol. The molecule has 1 aromatic heterocycles. The van der Waals surface area contributed by atoms with E-state index in [1.54, 1.807) is 5.57 Å². The number of hydrogen-bond acceptors (Lipinski definition) is 3. The Morgan fingerprint density at radius 3 is 2.86 bits per heavy atom. The average Bonchev–Trinajstić information content (AvgIpc) is 3.28. The first-order chi connectivity index (χ1) is 13.5. The summed E-state index contributed by atoms with van der Waals surface area (Å²) in [5.74, 6) is 7.88. The van der Waals surface area contributed by atoms with Crippen molar-refractivity contribution in [2.45, 2.75) is 70.3 Å². The lowest BCUT2D eigenvalue weighted by atomic mass is 9.52. The normalized spacial score (nSPS) is 39.5. The van der Waals surface area contributed by atoms with Crippen LogP contribution in [-0.2, 0) is 4.79 Å². The molecule has 28 heavy (non-hydrogen) atoms. The zero-order valence-corrected chi connectivity index (χ0v) is 17.6. The van der Waals surface area contributed by atoms with Crippen LogP contribution in [-0.4, -0.2) is 16.5 Å². The quantitative estimate of drug-likeness (QED) is 0.650. The van der Waals surface area contributed by atoms with Crippen LogP contribution in [0.25, 0.3) is 0 Å². The molecule has 4 unspecified atom stereocenters. The number of thiophene rings is 1. The number of allylic oxidation sites excluding steroid dienone is 4. The van der Waals surface area contributed by atoms with E-state index in [2.05, 4.69) is 36.3 Å². The third-order valence-electron chi connectivity index (χ3n) is 8.10. The van der Waals surface area contributed by atoms with Gasteiger partial charge in [-0.15, -0.1) is 17.3 Å². The van der Waals surface area contributed by atoms with E-state index >= 15 is 0 Å². The molecule has 0 radical (unpaired) electrons. The molecule has 1 aromatic rings. The van der Waals surface area contributed by atoms with Crippen LogP contribution in [0.4, 0.5) is 0 Å². The molecule has 1 N–H and O–H groups in total. The van der Waals surface area contributed by atoms with Crippen molar-refractivity contribution in [3.8, 4) is 11.8 Å². The molecule has 5 rings (SSSR count). The van der Waals surface area contributed by atoms with E-state index in [-0.39, 0.29) is 5.41 Å². The Kier molecular flexibility index (Phi) is 4.23. The van der Waals surface area contributed by atoms with Crippen LogP contribution in [0, 0.1) is 29.1 Å². The summed E-state index contributed by atoms with van der Waals surface area (Å²) in [6, 6.07) is 4.40. The topological polar surface area (TPSA) is 37.3 Å². The standard InChI is InChI=1S/C25H28O2S/c1-3-11-25(27)12-10-21-19-8-6-16-14-17(26)7-9-18(16)23(19)20(15-24(21,25)2)22-5-4-13-28-22/h4-5,13-14,19-21,27H,6-10,12,15H2,1-2H3/t19?,20?,21?,24?,25-/m0/s1. The fraction of sp³-hybridized carbons (Fsp3) is 0.560. The van der Waals surface area contributed by atoms with Crippen molar-refractivity contribution >= 4 is 17.1 Å². The van der Waals surface area contributed by atoms with Gasteiger partial charge in [-0.3, -0.25) is 4.79 Å². The second-order valence-corrected chi connectivity index (χ2v) is 10.3. The van der Waals surface area contributed by atoms with E-state index in [0.29, 0.717) is 30.0 Å². The van der Waals surface area contributed by atoms with Crippen molar-refractivity contribution in [3.05, 3.63) is 45.2 Å². The number of rotatable bonds is 1. The molecule has 3 heteroatoms. The molecule has 5 atom stereocenters. The SMILES string of the molecule is CC#C[C@]1(O)CCC2C3CCC4=CC(=O)CCC4=C3C(c3cccs3)CC21C. The summed E-state index contributed by atoms with van der Waals surface area (Å²) >= 11 is 1.83. The molecule has 0 spiro atoms. The number of fused-ring (bicyclic) bond motifs is 4. The van der Waals surface area contributed by atoms with E-state index in [1.807, 2.05) is 24.3 Å². The highest BCUT2D eigenvalue weighted by atomic mass is 32.1. The molecule has 0 saturated heterocycles. The van der Waals surface area contributed by atoms with Crippen LogP contribution in [0.15, 0.2) is 40.3 Å². The van der Waals surface area contributed by atoms with Crippen molar-refractivity contribution in [2.24, 2.45) is 17.3 Å². The number of ketones is 1. The van der Waals surface area contributed by atoms with Gasteiger partial charge in [0.2, 0.25) is 0 Å². The highest BCUT2D eigenvalue weighted by Gasteiger charge is 2.62. The fourth-order valence-corrected chi connectivity index (χ4v) is 7.67. The molecule has 146 valence electrons. The van der Waals surface area contributed by atoms with E-state index in [1.165, 1.54) is 16.0 Å². The van der Waals surface area contributed by atoms with Gasteiger partial charge >= 0.3 is 0 Å². The van der Waals surface area contributed by atoms with Gasteiger partial charge in [-0.1, -0.05) is 24.5 Å². The Labute approximate surface area is 171 Å². The average molecular weight is 393 g/mol. The van der Waals surface area contributed by atoms with Gasteiger partial charge < -0.3 is 5.11 Å². The second-order valence-electron chi connectivity index (χ2n) is 9.28. The van der Waals surface area contributed by atoms with E-state index in [0.717, 1.165) is 38.5 Å². The predicted molar refractivity (Wildman–Crippen MR) is 113 cm³/mol. The Hall–Kier alpha value is -1.63. The minimum absolute atomic E-state index is 0.175. The van der Waals surface area contributed by atoms with Gasteiger partial charge in [-0.2, -0.15) is 0 Å². The number of carbonyl (C=O) groups excluding carboxylic acids is 1. The van der Waals surface area contributed by atoms with E-state index in [4.69, 9.17) is 0 Å². The molecule has 2 fully saturated rings. The number of aliphatic hydroxyl groups is 1. The summed E-state index contributed by atoms with van der Waals surface area (Å²) in [4.78, 5) is 13.4. The van der Waals surface area contributed by atoms with Gasteiger partial charge in [-0.05, 0) is 86.0 Å². The summed E-state index contributed by atoms with van der Waals surface area (Å²) in [5.41, 5.74) is 3.33.